The van der Waals surface area contributed by atoms with E-state index in [1.807, 2.05) is 0 Å². The van der Waals surface area contributed by atoms with E-state index < -0.39 is 11.7 Å². The standard InChI is InChI=1S/C20H22F3N.CO2/c1-14-3-5-16(6-4-14)13-24-12-15(2)11-19(24)17-7-9-18(10-8-17)20(21,22)23;2-1-3/h3-10,15,19H,11-13H2,1-2H3;/t15-,19-;/m1./s1. The highest BCUT2D eigenvalue weighted by Crippen LogP contribution is 2.37. The van der Waals surface area contributed by atoms with Crippen LogP contribution in [0.2, 0.25) is 0 Å². The maximum Gasteiger partial charge on any atom is 0.416 e. The summed E-state index contributed by atoms with van der Waals surface area (Å²) in [5.41, 5.74) is 2.86. The molecule has 0 amide bonds. The van der Waals surface area contributed by atoms with Crippen molar-refractivity contribution >= 4 is 6.15 Å². The van der Waals surface area contributed by atoms with Crippen LogP contribution in [0.25, 0.3) is 0 Å². The van der Waals surface area contributed by atoms with Crippen LogP contribution in [0.5, 0.6) is 0 Å². The van der Waals surface area contributed by atoms with Crippen LogP contribution in [-0.2, 0) is 22.3 Å². The smallest absolute Gasteiger partial charge is 0.292 e. The Morgan fingerprint density at radius 2 is 1.59 bits per heavy atom. The lowest BCUT2D eigenvalue weighted by atomic mass is 9.99. The van der Waals surface area contributed by atoms with Gasteiger partial charge in [0.1, 0.15) is 0 Å². The number of alkyl halides is 3. The van der Waals surface area contributed by atoms with Gasteiger partial charge in [0, 0.05) is 19.1 Å². The lowest BCUT2D eigenvalue weighted by Crippen LogP contribution is -2.23. The molecule has 0 radical (unpaired) electrons. The Morgan fingerprint density at radius 3 is 2.11 bits per heavy atom. The molecule has 3 rings (SSSR count). The molecule has 2 aromatic rings. The Kier molecular flexibility index (Phi) is 6.94. The van der Waals surface area contributed by atoms with E-state index in [1.54, 1.807) is 12.1 Å². The zero-order valence-corrected chi connectivity index (χ0v) is 15.3. The Balaban J connectivity index is 0.000000817. The van der Waals surface area contributed by atoms with Gasteiger partial charge in [0.15, 0.2) is 0 Å². The fourth-order valence-electron chi connectivity index (χ4n) is 3.48. The minimum absolute atomic E-state index is 0.184. The molecule has 0 saturated carbocycles. The van der Waals surface area contributed by atoms with Crippen molar-refractivity contribution in [1.29, 1.82) is 0 Å². The van der Waals surface area contributed by atoms with Crippen molar-refractivity contribution in [3.8, 4) is 0 Å². The molecule has 0 N–H and O–H groups in total. The van der Waals surface area contributed by atoms with Gasteiger partial charge in [-0.3, -0.25) is 4.90 Å². The minimum Gasteiger partial charge on any atom is -0.292 e. The number of aryl methyl sites for hydroxylation is 1. The van der Waals surface area contributed by atoms with Gasteiger partial charge < -0.3 is 0 Å². The van der Waals surface area contributed by atoms with Crippen molar-refractivity contribution in [3.63, 3.8) is 0 Å². The molecule has 0 aliphatic carbocycles. The molecule has 6 heteroatoms. The average Bonchev–Trinajstić information content (AvgIpc) is 2.97. The molecule has 2 atom stereocenters. The van der Waals surface area contributed by atoms with Crippen LogP contribution in [0.3, 0.4) is 0 Å². The topological polar surface area (TPSA) is 37.4 Å². The van der Waals surface area contributed by atoms with E-state index >= 15 is 0 Å². The molecular formula is C21H22F3NO2. The van der Waals surface area contributed by atoms with Crippen LogP contribution < -0.4 is 0 Å². The summed E-state index contributed by atoms with van der Waals surface area (Å²) in [6, 6.07) is 14.3. The first kappa shape index (κ1) is 20.9. The summed E-state index contributed by atoms with van der Waals surface area (Å²) in [5.74, 6) is 0.544. The van der Waals surface area contributed by atoms with E-state index in [4.69, 9.17) is 9.59 Å². The van der Waals surface area contributed by atoms with Crippen molar-refractivity contribution in [2.45, 2.75) is 39.0 Å². The van der Waals surface area contributed by atoms with E-state index in [9.17, 15) is 13.2 Å². The number of rotatable bonds is 3. The molecule has 3 nitrogen and oxygen atoms in total. The first-order valence-corrected chi connectivity index (χ1v) is 8.70. The summed E-state index contributed by atoms with van der Waals surface area (Å²) in [6.45, 7) is 6.06. The molecule has 0 unspecified atom stereocenters. The highest BCUT2D eigenvalue weighted by molar-refractivity contribution is 5.28. The predicted octanol–water partition coefficient (Wildman–Crippen LogP) is 5.01. The second kappa shape index (κ2) is 8.98. The monoisotopic (exact) mass is 377 g/mol. The number of hydrogen-bond acceptors (Lipinski definition) is 3. The second-order valence-corrected chi connectivity index (χ2v) is 6.97. The second-order valence-electron chi connectivity index (χ2n) is 6.97. The Hall–Kier alpha value is -2.43. The minimum atomic E-state index is -4.27. The maximum absolute atomic E-state index is 12.7. The third kappa shape index (κ3) is 5.78. The van der Waals surface area contributed by atoms with Crippen LogP contribution >= 0.6 is 0 Å². The first-order chi connectivity index (χ1) is 12.7. The molecule has 144 valence electrons. The normalized spacial score (nSPS) is 19.9. The number of likely N-dealkylation sites (tertiary alicyclic amines) is 1. The number of benzene rings is 2. The summed E-state index contributed by atoms with van der Waals surface area (Å²) in [5, 5.41) is 0. The largest absolute Gasteiger partial charge is 0.416 e. The predicted molar refractivity (Wildman–Crippen MR) is 94.6 cm³/mol. The fourth-order valence-corrected chi connectivity index (χ4v) is 3.48. The molecule has 1 fully saturated rings. The quantitative estimate of drug-likeness (QED) is 0.754. The molecule has 0 bridgehead atoms. The SMILES string of the molecule is Cc1ccc(CN2C[C@H](C)C[C@@H]2c2ccc(C(F)(F)F)cc2)cc1.O=C=O. The van der Waals surface area contributed by atoms with Crippen molar-refractivity contribution in [2.24, 2.45) is 5.92 Å². The van der Waals surface area contributed by atoms with Crippen molar-refractivity contribution in [3.05, 3.63) is 70.8 Å². The highest BCUT2D eigenvalue weighted by Gasteiger charge is 2.33. The zero-order valence-electron chi connectivity index (χ0n) is 15.3. The van der Waals surface area contributed by atoms with Crippen LogP contribution in [0.15, 0.2) is 48.5 Å². The van der Waals surface area contributed by atoms with E-state index in [-0.39, 0.29) is 12.2 Å². The molecule has 27 heavy (non-hydrogen) atoms. The van der Waals surface area contributed by atoms with E-state index in [1.165, 1.54) is 23.3 Å². The molecule has 2 aromatic carbocycles. The first-order valence-electron chi connectivity index (χ1n) is 8.70. The highest BCUT2D eigenvalue weighted by atomic mass is 19.4. The Labute approximate surface area is 156 Å². The number of hydrogen-bond donors (Lipinski definition) is 0. The number of carbonyl (C=O) groups excluding carboxylic acids is 2. The molecule has 0 spiro atoms. The number of nitrogens with zero attached hydrogens (tertiary/aromatic N) is 1. The summed E-state index contributed by atoms with van der Waals surface area (Å²) in [4.78, 5) is 18.6. The fraction of sp³-hybridized carbons (Fsp3) is 0.381. The van der Waals surface area contributed by atoms with Gasteiger partial charge in [0.05, 0.1) is 5.56 Å². The zero-order chi connectivity index (χ0) is 20.0. The third-order valence-corrected chi connectivity index (χ3v) is 4.74. The van der Waals surface area contributed by atoms with Gasteiger partial charge in [0.2, 0.25) is 0 Å². The van der Waals surface area contributed by atoms with Gasteiger partial charge in [-0.05, 0) is 42.5 Å². The maximum atomic E-state index is 12.7. The van der Waals surface area contributed by atoms with Crippen molar-refractivity contribution in [1.82, 2.24) is 4.90 Å². The van der Waals surface area contributed by atoms with Gasteiger partial charge >= 0.3 is 12.3 Å². The molecule has 1 heterocycles. The van der Waals surface area contributed by atoms with Gasteiger partial charge in [-0.1, -0.05) is 48.9 Å². The van der Waals surface area contributed by atoms with Gasteiger partial charge in [0.25, 0.3) is 0 Å². The summed E-state index contributed by atoms with van der Waals surface area (Å²) in [7, 11) is 0. The molecule has 0 aromatic heterocycles. The summed E-state index contributed by atoms with van der Waals surface area (Å²) in [6.07, 6.45) is -3.04. The Morgan fingerprint density at radius 1 is 1.04 bits per heavy atom. The molecule has 1 aliphatic rings. The summed E-state index contributed by atoms with van der Waals surface area (Å²) >= 11 is 0. The lowest BCUT2D eigenvalue weighted by molar-refractivity contribution is -0.191. The third-order valence-electron chi connectivity index (χ3n) is 4.74. The van der Waals surface area contributed by atoms with Gasteiger partial charge in [-0.2, -0.15) is 22.8 Å². The molecule has 1 aliphatic heterocycles. The van der Waals surface area contributed by atoms with E-state index in [0.29, 0.717) is 5.92 Å². The van der Waals surface area contributed by atoms with Crippen LogP contribution in [0.4, 0.5) is 13.2 Å². The average molecular weight is 377 g/mol. The van der Waals surface area contributed by atoms with E-state index in [0.717, 1.165) is 25.1 Å². The van der Waals surface area contributed by atoms with Crippen LogP contribution in [0, 0.1) is 12.8 Å². The summed E-state index contributed by atoms with van der Waals surface area (Å²) < 4.78 is 38.2. The molecular weight excluding hydrogens is 355 g/mol. The van der Waals surface area contributed by atoms with Gasteiger partial charge in [-0.15, -0.1) is 0 Å². The lowest BCUT2D eigenvalue weighted by Gasteiger charge is -2.25. The van der Waals surface area contributed by atoms with Crippen LogP contribution in [0.1, 0.15) is 41.6 Å². The van der Waals surface area contributed by atoms with E-state index in [2.05, 4.69) is 43.0 Å². The Bertz CT molecular complexity index is 764. The number of halogens is 3. The van der Waals surface area contributed by atoms with Crippen LogP contribution in [-0.4, -0.2) is 17.6 Å². The van der Waals surface area contributed by atoms with Gasteiger partial charge in [-0.25, -0.2) is 0 Å². The van der Waals surface area contributed by atoms with Crippen molar-refractivity contribution < 1.29 is 22.8 Å². The van der Waals surface area contributed by atoms with Crippen molar-refractivity contribution in [2.75, 3.05) is 6.54 Å². The molecule has 1 saturated heterocycles.